The second-order valence-corrected chi connectivity index (χ2v) is 6.83. The molecule has 1 amide bonds. The molecule has 1 atom stereocenters. The van der Waals surface area contributed by atoms with Crippen molar-refractivity contribution in [2.45, 2.75) is 19.0 Å². The van der Waals surface area contributed by atoms with Crippen molar-refractivity contribution in [3.8, 4) is 17.1 Å². The number of alkyl halides is 1. The Morgan fingerprint density at radius 3 is 2.85 bits per heavy atom. The predicted octanol–water partition coefficient (Wildman–Crippen LogP) is 3.56. The Morgan fingerprint density at radius 2 is 2.15 bits per heavy atom. The van der Waals surface area contributed by atoms with E-state index in [2.05, 4.69) is 15.1 Å². The van der Waals surface area contributed by atoms with Crippen molar-refractivity contribution in [3.05, 3.63) is 59.6 Å². The van der Waals surface area contributed by atoms with E-state index in [0.29, 0.717) is 41.5 Å². The van der Waals surface area contributed by atoms with Crippen molar-refractivity contribution in [1.82, 2.24) is 24.6 Å². The van der Waals surface area contributed by atoms with Crippen LogP contribution in [0.1, 0.15) is 23.3 Å². The molecule has 0 aliphatic carbocycles. The maximum atomic E-state index is 13.7. The number of piperidine rings is 1. The minimum Gasteiger partial charge on any atom is -0.334 e. The van der Waals surface area contributed by atoms with Gasteiger partial charge in [-0.25, -0.2) is 9.07 Å². The second kappa shape index (κ2) is 7.44. The topological polar surface area (TPSA) is 63.9 Å². The predicted molar refractivity (Wildman–Crippen MR) is 99.6 cm³/mol. The lowest BCUT2D eigenvalue weighted by Crippen LogP contribution is -2.40. The molecule has 1 aliphatic heterocycles. The van der Waals surface area contributed by atoms with Gasteiger partial charge in [0.05, 0.1) is 34.8 Å². The molecule has 8 heteroatoms. The fourth-order valence-corrected chi connectivity index (χ4v) is 3.25. The molecule has 138 valence electrons. The van der Waals surface area contributed by atoms with Crippen LogP contribution < -0.4 is 0 Å². The summed E-state index contributed by atoms with van der Waals surface area (Å²) in [6.07, 6.45) is 5.01. The molecule has 1 aliphatic rings. The lowest BCUT2D eigenvalue weighted by molar-refractivity contribution is 0.0630. The lowest BCUT2D eigenvalue weighted by Gasteiger charge is -2.28. The van der Waals surface area contributed by atoms with Crippen LogP contribution >= 0.6 is 11.6 Å². The van der Waals surface area contributed by atoms with Gasteiger partial charge < -0.3 is 4.90 Å². The van der Waals surface area contributed by atoms with Crippen molar-refractivity contribution in [2.75, 3.05) is 13.1 Å². The average molecular weight is 386 g/mol. The van der Waals surface area contributed by atoms with E-state index in [1.165, 1.54) is 11.1 Å². The summed E-state index contributed by atoms with van der Waals surface area (Å²) in [4.78, 5) is 22.8. The van der Waals surface area contributed by atoms with Crippen LogP contribution in [0.4, 0.5) is 4.39 Å². The molecule has 1 fully saturated rings. The Hall–Kier alpha value is -2.80. The van der Waals surface area contributed by atoms with Crippen molar-refractivity contribution in [2.24, 2.45) is 0 Å². The summed E-state index contributed by atoms with van der Waals surface area (Å²) in [6.45, 7) is 0.640. The number of carbonyl (C=O) groups is 1. The molecule has 27 heavy (non-hydrogen) atoms. The molecule has 4 rings (SSSR count). The quantitative estimate of drug-likeness (QED) is 0.691. The molecule has 0 radical (unpaired) electrons. The number of halogens is 2. The fraction of sp³-hybridized carbons (Fsp3) is 0.263. The molecule has 0 aromatic carbocycles. The largest absolute Gasteiger partial charge is 0.334 e. The van der Waals surface area contributed by atoms with E-state index >= 15 is 0 Å². The van der Waals surface area contributed by atoms with Crippen LogP contribution in [0.25, 0.3) is 17.1 Å². The van der Waals surface area contributed by atoms with Crippen LogP contribution in [0.5, 0.6) is 0 Å². The van der Waals surface area contributed by atoms with Gasteiger partial charge >= 0.3 is 0 Å². The van der Waals surface area contributed by atoms with Crippen LogP contribution in [-0.2, 0) is 0 Å². The maximum Gasteiger partial charge on any atom is 0.274 e. The van der Waals surface area contributed by atoms with Crippen LogP contribution in [0.3, 0.4) is 0 Å². The van der Waals surface area contributed by atoms with Gasteiger partial charge in [-0.2, -0.15) is 5.10 Å². The van der Waals surface area contributed by atoms with E-state index in [9.17, 15) is 9.18 Å². The van der Waals surface area contributed by atoms with Gasteiger partial charge in [0.2, 0.25) is 0 Å². The Labute approximate surface area is 160 Å². The highest BCUT2D eigenvalue weighted by Gasteiger charge is 2.27. The van der Waals surface area contributed by atoms with Gasteiger partial charge in [-0.3, -0.25) is 14.8 Å². The zero-order chi connectivity index (χ0) is 18.8. The summed E-state index contributed by atoms with van der Waals surface area (Å²) in [7, 11) is 0. The zero-order valence-corrected chi connectivity index (χ0v) is 15.2. The molecule has 0 spiro atoms. The number of carbonyl (C=O) groups excluding carboxylic acids is 1. The third-order valence-electron chi connectivity index (χ3n) is 4.46. The van der Waals surface area contributed by atoms with Gasteiger partial charge in [-0.1, -0.05) is 11.6 Å². The monoisotopic (exact) mass is 385 g/mol. The highest BCUT2D eigenvalue weighted by molar-refractivity contribution is 6.30. The van der Waals surface area contributed by atoms with Crippen molar-refractivity contribution < 1.29 is 9.18 Å². The first-order valence-electron chi connectivity index (χ1n) is 8.67. The molecule has 3 aromatic rings. The smallest absolute Gasteiger partial charge is 0.274 e. The Balaban J connectivity index is 1.75. The number of nitrogens with zero attached hydrogens (tertiary/aromatic N) is 5. The van der Waals surface area contributed by atoms with E-state index in [-0.39, 0.29) is 18.1 Å². The molecular formula is C19H17ClFN5O. The Morgan fingerprint density at radius 1 is 1.26 bits per heavy atom. The molecule has 0 bridgehead atoms. The van der Waals surface area contributed by atoms with Gasteiger partial charge in [0.25, 0.3) is 5.91 Å². The first-order valence-corrected chi connectivity index (χ1v) is 9.05. The first kappa shape index (κ1) is 17.6. The minimum atomic E-state index is -0.986. The molecular weight excluding hydrogens is 369 g/mol. The van der Waals surface area contributed by atoms with Crippen LogP contribution in [-0.4, -0.2) is 49.8 Å². The summed E-state index contributed by atoms with van der Waals surface area (Å²) in [5.74, 6) is -0.282. The Kier molecular flexibility index (Phi) is 4.85. The standard InChI is InChI=1S/C19H17ClFN5O/c20-13-5-6-16(23-10-13)18-9-17(19(27)25-8-2-3-14(21)12-25)24-26(18)15-4-1-7-22-11-15/h1,4-7,9-11,14H,2-3,8,12H2/t14-/m1/s1. The number of hydrogen-bond acceptors (Lipinski definition) is 4. The van der Waals surface area contributed by atoms with E-state index < -0.39 is 6.17 Å². The van der Waals surface area contributed by atoms with Crippen molar-refractivity contribution in [3.63, 3.8) is 0 Å². The van der Waals surface area contributed by atoms with Crippen LogP contribution in [0, 0.1) is 0 Å². The van der Waals surface area contributed by atoms with E-state index in [0.717, 1.165) is 0 Å². The molecule has 1 saturated heterocycles. The molecule has 0 saturated carbocycles. The number of rotatable bonds is 3. The number of amides is 1. The molecule has 4 heterocycles. The summed E-state index contributed by atoms with van der Waals surface area (Å²) < 4.78 is 15.3. The lowest BCUT2D eigenvalue weighted by atomic mass is 10.1. The number of likely N-dealkylation sites (tertiary alicyclic amines) is 1. The third-order valence-corrected chi connectivity index (χ3v) is 4.68. The highest BCUT2D eigenvalue weighted by Crippen LogP contribution is 2.24. The van der Waals surface area contributed by atoms with Gasteiger partial charge in [-0.05, 0) is 43.2 Å². The zero-order valence-electron chi connectivity index (χ0n) is 14.4. The van der Waals surface area contributed by atoms with E-state index in [1.54, 1.807) is 41.3 Å². The van der Waals surface area contributed by atoms with Gasteiger partial charge in [-0.15, -0.1) is 0 Å². The number of aromatic nitrogens is 4. The van der Waals surface area contributed by atoms with Crippen LogP contribution in [0.15, 0.2) is 48.9 Å². The SMILES string of the molecule is O=C(c1cc(-c2ccc(Cl)cn2)n(-c2cccnc2)n1)N1CCC[C@@H](F)C1. The summed E-state index contributed by atoms with van der Waals surface area (Å²) in [6, 6.07) is 8.79. The normalized spacial score (nSPS) is 17.1. The van der Waals surface area contributed by atoms with Crippen molar-refractivity contribution in [1.29, 1.82) is 0 Å². The fourth-order valence-electron chi connectivity index (χ4n) is 3.14. The molecule has 0 N–H and O–H groups in total. The number of pyridine rings is 2. The number of hydrogen-bond donors (Lipinski definition) is 0. The molecule has 0 unspecified atom stereocenters. The average Bonchev–Trinajstić information content (AvgIpc) is 3.14. The van der Waals surface area contributed by atoms with E-state index in [4.69, 9.17) is 11.6 Å². The van der Waals surface area contributed by atoms with Gasteiger partial charge in [0.1, 0.15) is 6.17 Å². The Bertz CT molecular complexity index is 944. The summed E-state index contributed by atoms with van der Waals surface area (Å²) >= 11 is 5.94. The minimum absolute atomic E-state index is 0.104. The third kappa shape index (κ3) is 3.68. The first-order chi connectivity index (χ1) is 13.1. The maximum absolute atomic E-state index is 13.7. The molecule has 6 nitrogen and oxygen atoms in total. The van der Waals surface area contributed by atoms with Crippen molar-refractivity contribution >= 4 is 17.5 Å². The van der Waals surface area contributed by atoms with E-state index in [1.807, 2.05) is 6.07 Å². The second-order valence-electron chi connectivity index (χ2n) is 6.39. The highest BCUT2D eigenvalue weighted by atomic mass is 35.5. The van der Waals surface area contributed by atoms with Gasteiger partial charge in [0, 0.05) is 18.9 Å². The summed E-state index contributed by atoms with van der Waals surface area (Å²) in [5.41, 5.74) is 2.21. The summed E-state index contributed by atoms with van der Waals surface area (Å²) in [5, 5.41) is 4.99. The molecule has 3 aromatic heterocycles. The van der Waals surface area contributed by atoms with Crippen LogP contribution in [0.2, 0.25) is 5.02 Å². The van der Waals surface area contributed by atoms with Gasteiger partial charge in [0.15, 0.2) is 5.69 Å².